The van der Waals surface area contributed by atoms with Gasteiger partial charge in [0.25, 0.3) is 0 Å². The van der Waals surface area contributed by atoms with Crippen LogP contribution < -0.4 is 5.32 Å². The Bertz CT molecular complexity index is 587. The zero-order valence-corrected chi connectivity index (χ0v) is 13.2. The minimum atomic E-state index is -4.45. The molecule has 0 bridgehead atoms. The first kappa shape index (κ1) is 17.6. The number of hydrogen-bond acceptors (Lipinski definition) is 4. The third-order valence-corrected chi connectivity index (χ3v) is 4.45. The lowest BCUT2D eigenvalue weighted by atomic mass is 9.88. The lowest BCUT2D eigenvalue weighted by Gasteiger charge is -2.43. The Kier molecular flexibility index (Phi) is 5.17. The molecule has 0 aromatic heterocycles. The van der Waals surface area contributed by atoms with Gasteiger partial charge in [0.15, 0.2) is 0 Å². The van der Waals surface area contributed by atoms with Crippen molar-refractivity contribution in [2.24, 2.45) is 0 Å². The summed E-state index contributed by atoms with van der Waals surface area (Å²) in [6.07, 6.45) is -2.79. The van der Waals surface area contributed by atoms with E-state index in [9.17, 15) is 13.2 Å². The number of benzene rings is 1. The second-order valence-corrected chi connectivity index (χ2v) is 5.95. The molecule has 0 amide bonds. The highest BCUT2D eigenvalue weighted by Gasteiger charge is 2.35. The summed E-state index contributed by atoms with van der Waals surface area (Å²) in [4.78, 5) is 2.11. The normalized spacial score (nSPS) is 17.8. The summed E-state index contributed by atoms with van der Waals surface area (Å²) in [7, 11) is 3.95. The lowest BCUT2D eigenvalue weighted by Crippen LogP contribution is -2.53. The van der Waals surface area contributed by atoms with E-state index in [2.05, 4.69) is 10.2 Å². The van der Waals surface area contributed by atoms with Crippen LogP contribution in [-0.2, 0) is 10.9 Å². The molecule has 0 aliphatic carbocycles. The molecule has 1 saturated heterocycles. The van der Waals surface area contributed by atoms with Gasteiger partial charge in [-0.25, -0.2) is 0 Å². The minimum Gasteiger partial charge on any atom is -0.382 e. The van der Waals surface area contributed by atoms with Crippen LogP contribution in [0.1, 0.15) is 24.0 Å². The molecule has 1 aliphatic rings. The Hall–Kier alpha value is -1.78. The van der Waals surface area contributed by atoms with Gasteiger partial charge < -0.3 is 15.0 Å². The molecule has 0 spiro atoms. The first-order valence-corrected chi connectivity index (χ1v) is 7.39. The maximum atomic E-state index is 12.7. The fourth-order valence-corrected chi connectivity index (χ4v) is 2.76. The first-order valence-electron chi connectivity index (χ1n) is 7.39. The molecule has 1 fully saturated rings. The van der Waals surface area contributed by atoms with Gasteiger partial charge in [-0.1, -0.05) is 0 Å². The van der Waals surface area contributed by atoms with Crippen molar-refractivity contribution in [2.75, 3.05) is 39.2 Å². The standard InChI is InChI=1S/C16H20F3N3O/c1-22(2)15(5-7-23-8-6-15)11-21-14-4-3-13(16(17,18)19)9-12(14)10-20/h3-4,9,21H,5-8,11H2,1-2H3. The van der Waals surface area contributed by atoms with Crippen LogP contribution in [0.3, 0.4) is 0 Å². The Morgan fingerprint density at radius 3 is 2.48 bits per heavy atom. The van der Waals surface area contributed by atoms with Gasteiger partial charge in [0.2, 0.25) is 0 Å². The van der Waals surface area contributed by atoms with Crippen LogP contribution in [0, 0.1) is 11.3 Å². The van der Waals surface area contributed by atoms with Crippen LogP contribution in [0.2, 0.25) is 0 Å². The number of halogens is 3. The van der Waals surface area contributed by atoms with Gasteiger partial charge in [0, 0.05) is 25.3 Å². The molecule has 7 heteroatoms. The van der Waals surface area contributed by atoms with Gasteiger partial charge >= 0.3 is 6.18 Å². The fourth-order valence-electron chi connectivity index (χ4n) is 2.76. The summed E-state index contributed by atoms with van der Waals surface area (Å²) in [5.74, 6) is 0. The Balaban J connectivity index is 2.18. The summed E-state index contributed by atoms with van der Waals surface area (Å²) < 4.78 is 43.6. The second kappa shape index (κ2) is 6.77. The lowest BCUT2D eigenvalue weighted by molar-refractivity contribution is -0.137. The number of anilines is 1. The molecule has 1 aliphatic heterocycles. The third-order valence-electron chi connectivity index (χ3n) is 4.45. The number of nitrogens with zero attached hydrogens (tertiary/aromatic N) is 2. The van der Waals surface area contributed by atoms with Crippen molar-refractivity contribution in [2.45, 2.75) is 24.6 Å². The van der Waals surface area contributed by atoms with Crippen LogP contribution in [0.25, 0.3) is 0 Å². The zero-order chi connectivity index (χ0) is 17.1. The van der Waals surface area contributed by atoms with E-state index in [1.807, 2.05) is 20.2 Å². The molecule has 0 unspecified atom stereocenters. The van der Waals surface area contributed by atoms with Gasteiger partial charge in [-0.3, -0.25) is 0 Å². The molecule has 2 rings (SSSR count). The number of ether oxygens (including phenoxy) is 1. The molecule has 126 valence electrons. The predicted octanol–water partition coefficient (Wildman–Crippen LogP) is 3.10. The number of nitrogens with one attached hydrogen (secondary N) is 1. The first-order chi connectivity index (χ1) is 10.8. The summed E-state index contributed by atoms with van der Waals surface area (Å²) >= 11 is 0. The van der Waals surface area contributed by atoms with E-state index in [-0.39, 0.29) is 11.1 Å². The molecule has 0 atom stereocenters. The summed E-state index contributed by atoms with van der Waals surface area (Å²) in [6, 6.07) is 5.04. The highest BCUT2D eigenvalue weighted by Crippen LogP contribution is 2.32. The topological polar surface area (TPSA) is 48.3 Å². The number of alkyl halides is 3. The predicted molar refractivity (Wildman–Crippen MR) is 81.1 cm³/mol. The monoisotopic (exact) mass is 327 g/mol. The molecule has 23 heavy (non-hydrogen) atoms. The highest BCUT2D eigenvalue weighted by atomic mass is 19.4. The maximum Gasteiger partial charge on any atom is 0.416 e. The van der Waals surface area contributed by atoms with Crippen LogP contribution >= 0.6 is 0 Å². The smallest absolute Gasteiger partial charge is 0.382 e. The van der Waals surface area contributed by atoms with Crippen LogP contribution in [0.4, 0.5) is 18.9 Å². The van der Waals surface area contributed by atoms with Crippen LogP contribution in [0.15, 0.2) is 18.2 Å². The van der Waals surface area contributed by atoms with Crippen LogP contribution in [0.5, 0.6) is 0 Å². The van der Waals surface area contributed by atoms with Gasteiger partial charge in [0.1, 0.15) is 6.07 Å². The Labute approximate surface area is 133 Å². The Morgan fingerprint density at radius 1 is 1.30 bits per heavy atom. The summed E-state index contributed by atoms with van der Waals surface area (Å²) in [5.41, 5.74) is -0.518. The van der Waals surface area contributed by atoms with Crippen molar-refractivity contribution in [3.05, 3.63) is 29.3 Å². The molecule has 1 aromatic carbocycles. The van der Waals surface area contributed by atoms with Gasteiger partial charge in [0.05, 0.1) is 16.8 Å². The van der Waals surface area contributed by atoms with Gasteiger partial charge in [-0.05, 0) is 45.1 Å². The fraction of sp³-hybridized carbons (Fsp3) is 0.562. The second-order valence-electron chi connectivity index (χ2n) is 5.95. The van der Waals surface area contributed by atoms with Gasteiger partial charge in [-0.15, -0.1) is 0 Å². The number of rotatable bonds is 4. The van der Waals surface area contributed by atoms with E-state index in [0.717, 1.165) is 25.0 Å². The number of nitriles is 1. The molecule has 0 radical (unpaired) electrons. The van der Waals surface area contributed by atoms with Crippen molar-refractivity contribution in [1.82, 2.24) is 4.90 Å². The summed E-state index contributed by atoms with van der Waals surface area (Å²) in [5, 5.41) is 12.3. The minimum absolute atomic E-state index is 0.000732. The third kappa shape index (κ3) is 3.95. The Morgan fingerprint density at radius 2 is 1.96 bits per heavy atom. The molecule has 0 saturated carbocycles. The van der Waals surface area contributed by atoms with E-state index in [0.29, 0.717) is 25.4 Å². The van der Waals surface area contributed by atoms with Crippen molar-refractivity contribution in [1.29, 1.82) is 5.26 Å². The molecule has 4 nitrogen and oxygen atoms in total. The maximum absolute atomic E-state index is 12.7. The van der Waals surface area contributed by atoms with Crippen molar-refractivity contribution in [3.8, 4) is 6.07 Å². The summed E-state index contributed by atoms with van der Waals surface area (Å²) in [6.45, 7) is 1.85. The van der Waals surface area contributed by atoms with E-state index < -0.39 is 11.7 Å². The van der Waals surface area contributed by atoms with Crippen LogP contribution in [-0.4, -0.2) is 44.3 Å². The largest absolute Gasteiger partial charge is 0.416 e. The average molecular weight is 327 g/mol. The highest BCUT2D eigenvalue weighted by molar-refractivity contribution is 5.59. The van der Waals surface area contributed by atoms with E-state index in [1.165, 1.54) is 6.07 Å². The molecule has 1 heterocycles. The molecule has 1 N–H and O–H groups in total. The van der Waals surface area contributed by atoms with Crippen molar-refractivity contribution in [3.63, 3.8) is 0 Å². The molecule has 1 aromatic rings. The van der Waals surface area contributed by atoms with Crippen molar-refractivity contribution < 1.29 is 17.9 Å². The van der Waals surface area contributed by atoms with E-state index in [4.69, 9.17) is 10.00 Å². The van der Waals surface area contributed by atoms with E-state index in [1.54, 1.807) is 0 Å². The van der Waals surface area contributed by atoms with Crippen molar-refractivity contribution >= 4 is 5.69 Å². The quantitative estimate of drug-likeness (QED) is 0.923. The van der Waals surface area contributed by atoms with E-state index >= 15 is 0 Å². The molecular formula is C16H20F3N3O. The zero-order valence-electron chi connectivity index (χ0n) is 13.2. The SMILES string of the molecule is CN(C)C1(CNc2ccc(C(F)(F)F)cc2C#N)CCOCC1. The molecular weight excluding hydrogens is 307 g/mol. The van der Waals surface area contributed by atoms with Gasteiger partial charge in [-0.2, -0.15) is 18.4 Å². The average Bonchev–Trinajstić information content (AvgIpc) is 2.52. The number of hydrogen-bond donors (Lipinski definition) is 1. The number of likely N-dealkylation sites (N-methyl/N-ethyl adjacent to an activating group) is 1.